The lowest BCUT2D eigenvalue weighted by Gasteiger charge is -2.35. The van der Waals surface area contributed by atoms with Crippen LogP contribution in [-0.2, 0) is 4.74 Å². The summed E-state index contributed by atoms with van der Waals surface area (Å²) >= 11 is 0. The summed E-state index contributed by atoms with van der Waals surface area (Å²) in [7, 11) is 5.60. The van der Waals surface area contributed by atoms with Crippen molar-refractivity contribution in [3.8, 4) is 11.5 Å². The van der Waals surface area contributed by atoms with Gasteiger partial charge in [-0.25, -0.2) is 4.79 Å². The second-order valence-corrected chi connectivity index (χ2v) is 11.1. The Morgan fingerprint density at radius 3 is 2.46 bits per heavy atom. The molecule has 3 amide bonds. The van der Waals surface area contributed by atoms with Gasteiger partial charge in [0, 0.05) is 37.0 Å². The molecule has 0 bridgehead atoms. The molecule has 10 heteroatoms. The molecular weight excluding hydrogens is 524 g/mol. The molecule has 41 heavy (non-hydrogen) atoms. The van der Waals surface area contributed by atoms with Crippen molar-refractivity contribution in [3.63, 3.8) is 0 Å². The number of likely N-dealkylation sites (N-methyl/N-ethyl adjacent to an activating group) is 1. The number of fused-ring (bicyclic) bond motifs is 1. The number of aliphatic hydroxyl groups excluding tert-OH is 1. The van der Waals surface area contributed by atoms with Crippen LogP contribution in [0.1, 0.15) is 50.4 Å². The molecule has 1 aliphatic rings. The van der Waals surface area contributed by atoms with E-state index >= 15 is 0 Å². The van der Waals surface area contributed by atoms with E-state index in [1.165, 1.54) is 0 Å². The molecule has 0 aliphatic carbocycles. The van der Waals surface area contributed by atoms with Crippen molar-refractivity contribution in [2.45, 2.75) is 58.3 Å². The first-order valence-corrected chi connectivity index (χ1v) is 14.3. The van der Waals surface area contributed by atoms with Crippen LogP contribution >= 0.6 is 0 Å². The fourth-order valence-electron chi connectivity index (χ4n) is 4.79. The van der Waals surface area contributed by atoms with Gasteiger partial charge in [-0.2, -0.15) is 0 Å². The summed E-state index contributed by atoms with van der Waals surface area (Å²) in [5.74, 6) is 0.869. The number of ether oxygens (including phenoxy) is 3. The Hall–Kier alpha value is -3.34. The van der Waals surface area contributed by atoms with Gasteiger partial charge in [0.1, 0.15) is 11.5 Å². The minimum atomic E-state index is -0.448. The number of anilines is 2. The van der Waals surface area contributed by atoms with E-state index in [4.69, 9.17) is 14.2 Å². The molecule has 0 spiro atoms. The van der Waals surface area contributed by atoms with Gasteiger partial charge in [-0.05, 0) is 89.7 Å². The standard InChI is InChI=1S/C31H46N4O6/c1-21-18-35(22(2)20-36)30(37)27-17-25(33-31(38)32-24-10-13-26(39-6)14-11-24)12-15-28(27)41-23(3)9-7-8-16-40-29(21)19-34(4)5/h10-15,17,21-23,29,36H,7-9,16,18-20H2,1-6H3,(H2,32,33,38)/t21-,22+,23-,29+/m0/s1. The predicted molar refractivity (Wildman–Crippen MR) is 161 cm³/mol. The van der Waals surface area contributed by atoms with Crippen molar-refractivity contribution in [3.05, 3.63) is 48.0 Å². The van der Waals surface area contributed by atoms with Gasteiger partial charge in [0.25, 0.3) is 5.91 Å². The van der Waals surface area contributed by atoms with Gasteiger partial charge in [0.05, 0.1) is 37.5 Å². The van der Waals surface area contributed by atoms with Crippen LogP contribution in [0.5, 0.6) is 11.5 Å². The molecule has 1 aliphatic heterocycles. The third-order valence-electron chi connectivity index (χ3n) is 7.20. The number of benzene rings is 2. The number of carbonyl (C=O) groups excluding carboxylic acids is 2. The number of rotatable bonds is 7. The highest BCUT2D eigenvalue weighted by Crippen LogP contribution is 2.28. The maximum atomic E-state index is 14.1. The summed E-state index contributed by atoms with van der Waals surface area (Å²) in [4.78, 5) is 30.7. The number of nitrogens with zero attached hydrogens (tertiary/aromatic N) is 2. The zero-order valence-corrected chi connectivity index (χ0v) is 25.2. The number of hydrogen-bond donors (Lipinski definition) is 3. The molecule has 0 radical (unpaired) electrons. The summed E-state index contributed by atoms with van der Waals surface area (Å²) in [6.45, 7) is 7.46. The van der Waals surface area contributed by atoms with Crippen LogP contribution < -0.4 is 20.1 Å². The van der Waals surface area contributed by atoms with E-state index < -0.39 is 12.1 Å². The summed E-state index contributed by atoms with van der Waals surface area (Å²) in [6.07, 6.45) is 2.47. The van der Waals surface area contributed by atoms with Gasteiger partial charge in [-0.15, -0.1) is 0 Å². The van der Waals surface area contributed by atoms with Crippen LogP contribution in [-0.4, -0.2) is 92.6 Å². The molecule has 0 unspecified atom stereocenters. The Morgan fingerprint density at radius 2 is 1.80 bits per heavy atom. The second-order valence-electron chi connectivity index (χ2n) is 11.1. The van der Waals surface area contributed by atoms with Gasteiger partial charge < -0.3 is 39.8 Å². The lowest BCUT2D eigenvalue weighted by Crippen LogP contribution is -2.47. The quantitative estimate of drug-likeness (QED) is 0.443. The fraction of sp³-hybridized carbons (Fsp3) is 0.548. The molecule has 4 atom stereocenters. The smallest absolute Gasteiger partial charge is 0.323 e. The number of nitrogens with one attached hydrogen (secondary N) is 2. The van der Waals surface area contributed by atoms with Crippen molar-refractivity contribution in [2.24, 2.45) is 5.92 Å². The highest BCUT2D eigenvalue weighted by atomic mass is 16.5. The van der Waals surface area contributed by atoms with Crippen LogP contribution in [0.4, 0.5) is 16.2 Å². The first kappa shape index (κ1) is 32.2. The maximum Gasteiger partial charge on any atom is 0.323 e. The predicted octanol–water partition coefficient (Wildman–Crippen LogP) is 4.70. The van der Waals surface area contributed by atoms with Crippen molar-refractivity contribution in [1.29, 1.82) is 0 Å². The Balaban J connectivity index is 1.91. The fourth-order valence-corrected chi connectivity index (χ4v) is 4.79. The molecule has 2 aromatic carbocycles. The minimum absolute atomic E-state index is 0.0122. The molecule has 226 valence electrons. The van der Waals surface area contributed by atoms with Crippen LogP contribution in [0, 0.1) is 5.92 Å². The Labute approximate surface area is 243 Å². The van der Waals surface area contributed by atoms with E-state index in [9.17, 15) is 14.7 Å². The van der Waals surface area contributed by atoms with Gasteiger partial charge >= 0.3 is 6.03 Å². The number of carbonyl (C=O) groups is 2. The SMILES string of the molecule is COc1ccc(NC(=O)Nc2ccc3c(c2)C(=O)N([C@H](C)CO)C[C@H](C)[C@@H](CN(C)C)OCCCC[C@H](C)O3)cc1. The van der Waals surface area contributed by atoms with Gasteiger partial charge in [0.2, 0.25) is 0 Å². The molecule has 0 aromatic heterocycles. The van der Waals surface area contributed by atoms with Crippen molar-refractivity contribution in [1.82, 2.24) is 9.80 Å². The first-order chi connectivity index (χ1) is 19.6. The largest absolute Gasteiger partial charge is 0.497 e. The average molecular weight is 571 g/mol. The van der Waals surface area contributed by atoms with E-state index in [-0.39, 0.29) is 30.6 Å². The Kier molecular flexibility index (Phi) is 12.2. The zero-order chi connectivity index (χ0) is 29.9. The summed E-state index contributed by atoms with van der Waals surface area (Å²) < 4.78 is 17.7. The van der Waals surface area contributed by atoms with Crippen LogP contribution in [0.3, 0.4) is 0 Å². The highest BCUT2D eigenvalue weighted by molar-refractivity contribution is 6.02. The highest BCUT2D eigenvalue weighted by Gasteiger charge is 2.30. The molecule has 3 N–H and O–H groups in total. The molecule has 2 aromatic rings. The topological polar surface area (TPSA) is 113 Å². The van der Waals surface area contributed by atoms with Crippen molar-refractivity contribution < 1.29 is 28.9 Å². The van der Waals surface area contributed by atoms with E-state index in [0.29, 0.717) is 41.6 Å². The molecule has 0 fully saturated rings. The van der Waals surface area contributed by atoms with E-state index in [0.717, 1.165) is 25.8 Å². The summed E-state index contributed by atoms with van der Waals surface area (Å²) in [5.41, 5.74) is 1.37. The second kappa shape index (κ2) is 15.6. The van der Waals surface area contributed by atoms with Crippen molar-refractivity contribution in [2.75, 3.05) is 58.1 Å². The maximum absolute atomic E-state index is 14.1. The molecular formula is C31H46N4O6. The number of methoxy groups -OCH3 is 1. The number of amides is 3. The number of hydrogen-bond acceptors (Lipinski definition) is 7. The zero-order valence-electron chi connectivity index (χ0n) is 25.2. The molecule has 0 saturated heterocycles. The monoisotopic (exact) mass is 570 g/mol. The van der Waals surface area contributed by atoms with E-state index in [2.05, 4.69) is 22.5 Å². The van der Waals surface area contributed by atoms with Crippen LogP contribution in [0.25, 0.3) is 0 Å². The minimum Gasteiger partial charge on any atom is -0.497 e. The van der Waals surface area contributed by atoms with Crippen molar-refractivity contribution >= 4 is 23.3 Å². The molecule has 1 heterocycles. The average Bonchev–Trinajstić information content (AvgIpc) is 2.94. The Morgan fingerprint density at radius 1 is 1.12 bits per heavy atom. The van der Waals surface area contributed by atoms with E-state index in [1.54, 1.807) is 54.5 Å². The van der Waals surface area contributed by atoms with Gasteiger partial charge in [-0.1, -0.05) is 6.92 Å². The number of urea groups is 1. The Bertz CT molecular complexity index is 1130. The normalized spacial score (nSPS) is 21.3. The van der Waals surface area contributed by atoms with Crippen LogP contribution in [0.15, 0.2) is 42.5 Å². The van der Waals surface area contributed by atoms with Gasteiger partial charge in [-0.3, -0.25) is 4.79 Å². The molecule has 3 rings (SSSR count). The molecule has 10 nitrogen and oxygen atoms in total. The van der Waals surface area contributed by atoms with Gasteiger partial charge in [0.15, 0.2) is 0 Å². The third-order valence-corrected chi connectivity index (χ3v) is 7.20. The lowest BCUT2D eigenvalue weighted by atomic mass is 10.0. The third kappa shape index (κ3) is 9.62. The summed E-state index contributed by atoms with van der Waals surface area (Å²) in [6, 6.07) is 11.2. The number of aliphatic hydroxyl groups is 1. The van der Waals surface area contributed by atoms with E-state index in [1.807, 2.05) is 27.9 Å². The molecule has 0 saturated carbocycles. The first-order valence-electron chi connectivity index (χ1n) is 14.3. The summed E-state index contributed by atoms with van der Waals surface area (Å²) in [5, 5.41) is 15.7. The lowest BCUT2D eigenvalue weighted by molar-refractivity contribution is -0.0137. The van der Waals surface area contributed by atoms with Crippen LogP contribution in [0.2, 0.25) is 0 Å².